The fourth-order valence-electron chi connectivity index (χ4n) is 4.47. The Balaban J connectivity index is -0.00000217. The number of benzene rings is 2. The van der Waals surface area contributed by atoms with Gasteiger partial charge in [0.1, 0.15) is 30.5 Å². The minimum Gasteiger partial charge on any atom is -0.491 e. The number of ether oxygens (including phenoxy) is 4. The smallest absolute Gasteiger partial charge is 0.491 e. The summed E-state index contributed by atoms with van der Waals surface area (Å²) in [5, 5.41) is 0. The molecule has 1 aliphatic rings. The Labute approximate surface area is 331 Å². The van der Waals surface area contributed by atoms with Gasteiger partial charge in [-0.2, -0.15) is 6.92 Å². The molecule has 0 aliphatic carbocycles. The summed E-state index contributed by atoms with van der Waals surface area (Å²) < 4.78 is 23.9. The predicted molar refractivity (Wildman–Crippen MR) is 194 cm³/mol. The number of nitrogens with zero attached hydrogens (tertiary/aromatic N) is 2. The van der Waals surface area contributed by atoms with Crippen molar-refractivity contribution in [3.63, 3.8) is 0 Å². The third-order valence-electron chi connectivity index (χ3n) is 7.11. The Bertz CT molecular complexity index is 1390. The summed E-state index contributed by atoms with van der Waals surface area (Å²) >= 11 is 0. The van der Waals surface area contributed by atoms with Crippen molar-refractivity contribution in [3.8, 4) is 45.1 Å². The standard InChI is InChI=1S/C31H37N4O4.2C2H6.CH4.2CH3.W.Y/c1-5-30-32-18-26(34-30)23-7-8-24-22-6-9-25(27-19-33-31(35-27)21(4)20(2)3)29(16-22)39-15-13-37-11-10-36-12-14-38-28(24)17-23;2*1-2;;;;;/h5-9,16-21H,10-15H2,1-4H3,(H,32,34)(H,33,35);2*1-2H3;1H4;2*1H3;;/q-1;;;;2*-1;;+3/t21-;;;;;;;/m1......./s1. The summed E-state index contributed by atoms with van der Waals surface area (Å²) in [6.45, 7) is 19.4. The van der Waals surface area contributed by atoms with Crippen LogP contribution in [0.5, 0.6) is 11.5 Å². The minimum atomic E-state index is 0. The number of aromatic nitrogens is 4. The molecule has 5 rings (SSSR count). The summed E-state index contributed by atoms with van der Waals surface area (Å²) in [5.41, 5.74) is 5.79. The average Bonchev–Trinajstić information content (AvgIpc) is 3.73. The van der Waals surface area contributed by atoms with Crippen molar-refractivity contribution < 1.29 is 72.7 Å². The molecule has 1 aliphatic heterocycles. The molecule has 0 amide bonds. The van der Waals surface area contributed by atoms with E-state index in [0.29, 0.717) is 51.5 Å². The Morgan fingerprint density at radius 1 is 0.688 bits per heavy atom. The molecule has 10 heteroatoms. The fourth-order valence-corrected chi connectivity index (χ4v) is 4.47. The van der Waals surface area contributed by atoms with Gasteiger partial charge in [-0.25, -0.2) is 4.98 Å². The van der Waals surface area contributed by atoms with Crippen LogP contribution < -0.4 is 9.47 Å². The van der Waals surface area contributed by atoms with Crippen LogP contribution in [0.1, 0.15) is 80.4 Å². The first kappa shape index (κ1) is 50.4. The second-order valence-electron chi connectivity index (χ2n) is 10.0. The van der Waals surface area contributed by atoms with E-state index in [0.717, 1.165) is 56.8 Å². The van der Waals surface area contributed by atoms with Crippen molar-refractivity contribution in [1.29, 1.82) is 0 Å². The van der Waals surface area contributed by atoms with Gasteiger partial charge in [-0.1, -0.05) is 68.0 Å². The van der Waals surface area contributed by atoms with Gasteiger partial charge < -0.3 is 50.2 Å². The molecule has 3 heterocycles. The van der Waals surface area contributed by atoms with Gasteiger partial charge in [-0.15, -0.1) is 0 Å². The first-order chi connectivity index (χ1) is 21.0. The fraction of sp³-hybridized carbons (Fsp3) is 0.447. The monoisotopic (exact) mass is 908 g/mol. The quantitative estimate of drug-likeness (QED) is 0.194. The predicted octanol–water partition coefficient (Wildman–Crippen LogP) is 9.85. The number of hydrogen-bond acceptors (Lipinski definition) is 6. The van der Waals surface area contributed by atoms with E-state index in [1.54, 1.807) is 0 Å². The minimum absolute atomic E-state index is 0. The van der Waals surface area contributed by atoms with Crippen LogP contribution in [0.3, 0.4) is 0 Å². The summed E-state index contributed by atoms with van der Waals surface area (Å²) in [7, 11) is 0. The number of rotatable bonds is 5. The molecule has 0 saturated heterocycles. The third kappa shape index (κ3) is 13.7. The number of imidazole rings is 2. The van der Waals surface area contributed by atoms with Gasteiger partial charge in [0.25, 0.3) is 0 Å². The van der Waals surface area contributed by atoms with E-state index in [1.807, 2.05) is 59.5 Å². The molecule has 0 spiro atoms. The van der Waals surface area contributed by atoms with Gasteiger partial charge in [0.05, 0.1) is 44.0 Å². The van der Waals surface area contributed by atoms with Crippen LogP contribution >= 0.6 is 0 Å². The molecule has 0 radical (unpaired) electrons. The zero-order valence-corrected chi connectivity index (χ0v) is 35.9. The normalized spacial score (nSPS) is 12.8. The van der Waals surface area contributed by atoms with Crippen molar-refractivity contribution in [1.82, 2.24) is 19.9 Å². The summed E-state index contributed by atoms with van der Waals surface area (Å²) in [6.07, 6.45) is 5.67. The molecule has 2 aromatic carbocycles. The largest absolute Gasteiger partial charge is 3.00 e. The number of nitrogens with one attached hydrogen (secondary N) is 2. The molecule has 264 valence electrons. The van der Waals surface area contributed by atoms with Crippen molar-refractivity contribution in [2.24, 2.45) is 5.92 Å². The molecule has 2 bridgehead atoms. The van der Waals surface area contributed by atoms with Crippen LogP contribution in [0.25, 0.3) is 33.6 Å². The van der Waals surface area contributed by atoms with Crippen LogP contribution in [0.4, 0.5) is 0 Å². The molecule has 0 saturated carbocycles. The number of H-pyrrole nitrogens is 2. The molecule has 2 aromatic heterocycles. The molecule has 48 heavy (non-hydrogen) atoms. The second kappa shape index (κ2) is 26.9. The number of fused-ring (bicyclic) bond motifs is 4. The van der Waals surface area contributed by atoms with Crippen LogP contribution in [0.2, 0.25) is 0 Å². The topological polar surface area (TPSA) is 94.3 Å². The van der Waals surface area contributed by atoms with Gasteiger partial charge >= 0.3 is 32.7 Å². The van der Waals surface area contributed by atoms with E-state index in [1.165, 1.54) is 0 Å². The van der Waals surface area contributed by atoms with Gasteiger partial charge in [0.2, 0.25) is 0 Å². The third-order valence-corrected chi connectivity index (χ3v) is 7.11. The Kier molecular flexibility index (Phi) is 28.2. The molecule has 0 fully saturated rings. The maximum absolute atomic E-state index is 6.28. The SMILES string of the molecule is C.CC.CC.C[CH-]c1ncc(-c2ccc3c(c2)OCCOCCOCCOc2cc-3ccc2-c2cnc([C@H](C)C(C)C)[nH]2)[nH]1.[CH3-].[CH3-].[W].[Y+3]. The molecule has 4 aromatic rings. The molecule has 0 unspecified atom stereocenters. The van der Waals surface area contributed by atoms with Crippen molar-refractivity contribution in [2.45, 2.75) is 68.7 Å². The van der Waals surface area contributed by atoms with E-state index in [2.05, 4.69) is 71.0 Å². The van der Waals surface area contributed by atoms with Crippen molar-refractivity contribution in [3.05, 3.63) is 81.7 Å². The van der Waals surface area contributed by atoms with Crippen molar-refractivity contribution >= 4 is 0 Å². The Morgan fingerprint density at radius 3 is 1.75 bits per heavy atom. The summed E-state index contributed by atoms with van der Waals surface area (Å²) in [6, 6.07) is 12.5. The van der Waals surface area contributed by atoms with Crippen molar-refractivity contribution in [2.75, 3.05) is 39.6 Å². The number of hydrogen-bond donors (Lipinski definition) is 2. The average molecular weight is 909 g/mol. The zero-order valence-electron chi connectivity index (χ0n) is 30.1. The van der Waals surface area contributed by atoms with Gasteiger partial charge in [0.15, 0.2) is 0 Å². The van der Waals surface area contributed by atoms with Crippen LogP contribution in [0.15, 0.2) is 48.8 Å². The summed E-state index contributed by atoms with van der Waals surface area (Å²) in [4.78, 5) is 15.9. The Morgan fingerprint density at radius 2 is 1.19 bits per heavy atom. The summed E-state index contributed by atoms with van der Waals surface area (Å²) in [5.74, 6) is 4.16. The van der Waals surface area contributed by atoms with E-state index >= 15 is 0 Å². The van der Waals surface area contributed by atoms with Gasteiger partial charge in [-0.05, 0) is 41.6 Å². The van der Waals surface area contributed by atoms with Crippen LogP contribution in [-0.4, -0.2) is 59.6 Å². The van der Waals surface area contributed by atoms with Crippen LogP contribution in [0, 0.1) is 27.2 Å². The van der Waals surface area contributed by atoms with E-state index in [-0.39, 0.29) is 76.1 Å². The van der Waals surface area contributed by atoms with E-state index in [9.17, 15) is 0 Å². The molecular weight excluding hydrogens is 849 g/mol. The van der Waals surface area contributed by atoms with Gasteiger partial charge in [0, 0.05) is 49.9 Å². The molecule has 8 nitrogen and oxygen atoms in total. The van der Waals surface area contributed by atoms with Gasteiger partial charge in [-0.3, -0.25) is 4.98 Å². The molecular formula is C38H59N4O4WY. The van der Waals surface area contributed by atoms with E-state index < -0.39 is 0 Å². The van der Waals surface area contributed by atoms with Crippen LogP contribution in [-0.2, 0) is 63.2 Å². The van der Waals surface area contributed by atoms with E-state index in [4.69, 9.17) is 18.9 Å². The first-order valence-corrected chi connectivity index (χ1v) is 15.6. The maximum Gasteiger partial charge on any atom is 3.00 e. The zero-order chi connectivity index (χ0) is 31.2. The Hall–Kier alpha value is -1.96. The number of aromatic amines is 2. The first-order valence-electron chi connectivity index (χ1n) is 15.6. The maximum atomic E-state index is 6.28. The second-order valence-corrected chi connectivity index (χ2v) is 10.0. The molecule has 1 atom stereocenters. The molecule has 2 N–H and O–H groups in total.